The number of hydrogen-bond acceptors (Lipinski definition) is 2. The van der Waals surface area contributed by atoms with E-state index in [1.54, 1.807) is 11.0 Å². The highest BCUT2D eigenvalue weighted by atomic mass is 79.9. The van der Waals surface area contributed by atoms with Crippen molar-refractivity contribution in [2.45, 2.75) is 0 Å². The van der Waals surface area contributed by atoms with Crippen LogP contribution in [0.1, 0.15) is 11.3 Å². The third-order valence-corrected chi connectivity index (χ3v) is 6.25. The maximum absolute atomic E-state index is 13.4. The molecule has 0 unspecified atom stereocenters. The summed E-state index contributed by atoms with van der Waals surface area (Å²) in [4.78, 5) is 15.2. The van der Waals surface area contributed by atoms with Crippen LogP contribution in [0.3, 0.4) is 0 Å². The zero-order valence-corrected chi connectivity index (χ0v) is 20.0. The molecular formula is C27H17Br2NO2. The minimum absolute atomic E-state index is 0.0900. The first-order valence-corrected chi connectivity index (χ1v) is 11.6. The van der Waals surface area contributed by atoms with Crippen LogP contribution in [0.4, 0.5) is 5.69 Å². The van der Waals surface area contributed by atoms with Gasteiger partial charge < -0.3 is 4.42 Å². The highest BCUT2D eigenvalue weighted by Crippen LogP contribution is 2.36. The standard InChI is InChI=1S/C27H17Br2NO2/c28-21-8-6-19(7-9-21)26-15-14-24(32-26)16-20-17-25(18-4-2-1-3-5-18)30(27(20)31)23-12-10-22(29)11-13-23/h1-17H/b20-16+. The van der Waals surface area contributed by atoms with Crippen LogP contribution in [0.25, 0.3) is 23.1 Å². The van der Waals surface area contributed by atoms with Gasteiger partial charge in [0.25, 0.3) is 5.91 Å². The Morgan fingerprint density at radius 3 is 2.06 bits per heavy atom. The number of hydrogen-bond donors (Lipinski definition) is 0. The lowest BCUT2D eigenvalue weighted by Crippen LogP contribution is -2.24. The molecule has 5 rings (SSSR count). The lowest BCUT2D eigenvalue weighted by Gasteiger charge is -2.20. The molecule has 4 aromatic rings. The molecule has 3 aromatic carbocycles. The van der Waals surface area contributed by atoms with E-state index in [-0.39, 0.29) is 5.91 Å². The van der Waals surface area contributed by atoms with E-state index >= 15 is 0 Å². The molecule has 5 heteroatoms. The average Bonchev–Trinajstić information content (AvgIpc) is 3.41. The second-order valence-corrected chi connectivity index (χ2v) is 9.15. The Balaban J connectivity index is 1.53. The van der Waals surface area contributed by atoms with Crippen molar-refractivity contribution >= 4 is 55.2 Å². The van der Waals surface area contributed by atoms with Crippen molar-refractivity contribution in [3.8, 4) is 11.3 Å². The molecule has 2 heterocycles. The maximum Gasteiger partial charge on any atom is 0.263 e. The first-order chi connectivity index (χ1) is 15.6. The molecule has 1 aromatic heterocycles. The lowest BCUT2D eigenvalue weighted by atomic mass is 10.1. The van der Waals surface area contributed by atoms with Gasteiger partial charge in [0.1, 0.15) is 11.5 Å². The Morgan fingerprint density at radius 2 is 1.38 bits per heavy atom. The van der Waals surface area contributed by atoms with Crippen molar-refractivity contribution in [2.75, 3.05) is 4.90 Å². The van der Waals surface area contributed by atoms with Gasteiger partial charge in [0.15, 0.2) is 0 Å². The summed E-state index contributed by atoms with van der Waals surface area (Å²) in [5, 5.41) is 0. The third-order valence-electron chi connectivity index (χ3n) is 5.19. The van der Waals surface area contributed by atoms with Crippen molar-refractivity contribution in [1.82, 2.24) is 0 Å². The summed E-state index contributed by atoms with van der Waals surface area (Å²) >= 11 is 6.92. The van der Waals surface area contributed by atoms with E-state index in [9.17, 15) is 4.79 Å². The van der Waals surface area contributed by atoms with Gasteiger partial charge in [-0.1, -0.05) is 74.3 Å². The fraction of sp³-hybridized carbons (Fsp3) is 0. The van der Waals surface area contributed by atoms with Crippen molar-refractivity contribution < 1.29 is 9.21 Å². The molecule has 0 saturated heterocycles. The van der Waals surface area contributed by atoms with Crippen LogP contribution in [0.5, 0.6) is 0 Å². The van der Waals surface area contributed by atoms with Crippen LogP contribution in [0, 0.1) is 0 Å². The number of amides is 1. The fourth-order valence-electron chi connectivity index (χ4n) is 3.64. The van der Waals surface area contributed by atoms with Gasteiger partial charge in [-0.3, -0.25) is 9.69 Å². The predicted molar refractivity (Wildman–Crippen MR) is 136 cm³/mol. The summed E-state index contributed by atoms with van der Waals surface area (Å²) < 4.78 is 7.99. The van der Waals surface area contributed by atoms with E-state index in [1.807, 2.05) is 97.1 Å². The van der Waals surface area contributed by atoms with E-state index in [2.05, 4.69) is 31.9 Å². The van der Waals surface area contributed by atoms with Gasteiger partial charge in [0, 0.05) is 25.8 Å². The summed E-state index contributed by atoms with van der Waals surface area (Å²) in [6.07, 6.45) is 3.72. The molecule has 0 bridgehead atoms. The van der Waals surface area contributed by atoms with Crippen LogP contribution in [-0.2, 0) is 4.79 Å². The monoisotopic (exact) mass is 545 g/mol. The molecule has 1 aliphatic heterocycles. The molecule has 0 fully saturated rings. The first kappa shape index (κ1) is 20.7. The van der Waals surface area contributed by atoms with Crippen LogP contribution in [-0.4, -0.2) is 5.91 Å². The largest absolute Gasteiger partial charge is 0.457 e. The molecule has 0 N–H and O–H groups in total. The Kier molecular flexibility index (Phi) is 5.68. The highest BCUT2D eigenvalue weighted by molar-refractivity contribution is 9.10. The normalized spacial score (nSPS) is 14.8. The summed E-state index contributed by atoms with van der Waals surface area (Å²) in [6, 6.07) is 29.4. The number of furan rings is 1. The summed E-state index contributed by atoms with van der Waals surface area (Å²) in [6.45, 7) is 0. The molecule has 0 atom stereocenters. The molecule has 32 heavy (non-hydrogen) atoms. The molecular weight excluding hydrogens is 530 g/mol. The van der Waals surface area contributed by atoms with Gasteiger partial charge >= 0.3 is 0 Å². The predicted octanol–water partition coefficient (Wildman–Crippen LogP) is 7.94. The second kappa shape index (κ2) is 8.77. The van der Waals surface area contributed by atoms with Crippen molar-refractivity contribution in [3.05, 3.63) is 123 Å². The molecule has 0 saturated carbocycles. The number of carbonyl (C=O) groups is 1. The summed E-state index contributed by atoms with van der Waals surface area (Å²) in [7, 11) is 0. The smallest absolute Gasteiger partial charge is 0.263 e. The van der Waals surface area contributed by atoms with E-state index in [0.717, 1.165) is 37.2 Å². The van der Waals surface area contributed by atoms with Crippen LogP contribution < -0.4 is 4.90 Å². The molecule has 1 amide bonds. The number of benzene rings is 3. The highest BCUT2D eigenvalue weighted by Gasteiger charge is 2.30. The van der Waals surface area contributed by atoms with Crippen molar-refractivity contribution in [1.29, 1.82) is 0 Å². The molecule has 156 valence electrons. The Hall–Kier alpha value is -3.15. The van der Waals surface area contributed by atoms with Crippen molar-refractivity contribution in [3.63, 3.8) is 0 Å². The topological polar surface area (TPSA) is 33.5 Å². The van der Waals surface area contributed by atoms with Gasteiger partial charge in [-0.25, -0.2) is 0 Å². The average molecular weight is 547 g/mol. The van der Waals surface area contributed by atoms with E-state index in [4.69, 9.17) is 4.42 Å². The van der Waals surface area contributed by atoms with Crippen molar-refractivity contribution in [2.24, 2.45) is 0 Å². The SMILES string of the molecule is O=C1/C(=C/c2ccc(-c3ccc(Br)cc3)o2)C=C(c2ccccc2)N1c1ccc(Br)cc1. The summed E-state index contributed by atoms with van der Waals surface area (Å²) in [5.74, 6) is 1.30. The second-order valence-electron chi connectivity index (χ2n) is 7.32. The Labute approximate surface area is 202 Å². The molecule has 1 aliphatic rings. The van der Waals surface area contributed by atoms with Crippen LogP contribution >= 0.6 is 31.9 Å². The first-order valence-electron chi connectivity index (χ1n) is 10.0. The van der Waals surface area contributed by atoms with Gasteiger partial charge in [-0.2, -0.15) is 0 Å². The number of halogens is 2. The van der Waals surface area contributed by atoms with E-state index in [0.29, 0.717) is 11.3 Å². The minimum Gasteiger partial charge on any atom is -0.457 e. The zero-order chi connectivity index (χ0) is 22.1. The number of carbonyl (C=O) groups excluding carboxylic acids is 1. The third kappa shape index (κ3) is 4.14. The minimum atomic E-state index is -0.0900. The lowest BCUT2D eigenvalue weighted by molar-refractivity contribution is -0.113. The Bertz CT molecular complexity index is 1330. The van der Waals surface area contributed by atoms with Gasteiger partial charge in [-0.15, -0.1) is 0 Å². The Morgan fingerprint density at radius 1 is 0.719 bits per heavy atom. The molecule has 0 spiro atoms. The molecule has 3 nitrogen and oxygen atoms in total. The van der Waals surface area contributed by atoms with Gasteiger partial charge in [0.05, 0.1) is 5.70 Å². The number of rotatable bonds is 4. The number of nitrogens with zero attached hydrogens (tertiary/aromatic N) is 1. The zero-order valence-electron chi connectivity index (χ0n) is 16.8. The van der Waals surface area contributed by atoms with E-state index < -0.39 is 0 Å². The van der Waals surface area contributed by atoms with Gasteiger partial charge in [0.2, 0.25) is 0 Å². The quantitative estimate of drug-likeness (QED) is 0.243. The van der Waals surface area contributed by atoms with Gasteiger partial charge in [-0.05, 0) is 66.2 Å². The fourth-order valence-corrected chi connectivity index (χ4v) is 4.16. The van der Waals surface area contributed by atoms with Crippen LogP contribution in [0.15, 0.2) is 116 Å². The van der Waals surface area contributed by atoms with Crippen LogP contribution in [0.2, 0.25) is 0 Å². The summed E-state index contributed by atoms with van der Waals surface area (Å²) in [5.41, 5.74) is 4.17. The molecule has 0 aliphatic carbocycles. The number of anilines is 1. The molecule has 0 radical (unpaired) electrons. The van der Waals surface area contributed by atoms with E-state index in [1.165, 1.54) is 0 Å². The maximum atomic E-state index is 13.4.